The SMILES string of the molecule is Cc1cccc(-c2nc(C)c(Cc3ccccc3)c(N3CCN(C(=O)Nc4ccc(C(F)(F)F)cc4)CC3)n2)c1. The van der Waals surface area contributed by atoms with Gasteiger partial charge in [-0.05, 0) is 49.7 Å². The number of aryl methyl sites for hydroxylation is 2. The molecule has 1 fully saturated rings. The highest BCUT2D eigenvalue weighted by molar-refractivity contribution is 5.89. The summed E-state index contributed by atoms with van der Waals surface area (Å²) in [5, 5.41) is 2.71. The van der Waals surface area contributed by atoms with E-state index in [9.17, 15) is 18.0 Å². The normalized spacial score (nSPS) is 13.8. The average molecular weight is 546 g/mol. The van der Waals surface area contributed by atoms with Gasteiger partial charge in [0.05, 0.1) is 5.56 Å². The smallest absolute Gasteiger partial charge is 0.353 e. The molecular weight excluding hydrogens is 515 g/mol. The van der Waals surface area contributed by atoms with E-state index in [1.54, 1.807) is 4.90 Å². The lowest BCUT2D eigenvalue weighted by molar-refractivity contribution is -0.137. The minimum absolute atomic E-state index is 0.319. The Labute approximate surface area is 231 Å². The monoisotopic (exact) mass is 545 g/mol. The van der Waals surface area contributed by atoms with Gasteiger partial charge in [-0.15, -0.1) is 0 Å². The maximum absolute atomic E-state index is 12.9. The maximum Gasteiger partial charge on any atom is 0.416 e. The molecule has 0 atom stereocenters. The van der Waals surface area contributed by atoms with E-state index in [2.05, 4.69) is 28.4 Å². The van der Waals surface area contributed by atoms with Gasteiger partial charge in [0.1, 0.15) is 5.82 Å². The fraction of sp³-hybridized carbons (Fsp3) is 0.258. The molecule has 1 N–H and O–H groups in total. The van der Waals surface area contributed by atoms with Gasteiger partial charge in [-0.25, -0.2) is 14.8 Å². The van der Waals surface area contributed by atoms with E-state index in [0.717, 1.165) is 45.9 Å². The Morgan fingerprint density at radius 3 is 2.23 bits per heavy atom. The number of nitrogens with one attached hydrogen (secondary N) is 1. The molecule has 1 aromatic heterocycles. The van der Waals surface area contributed by atoms with Crippen molar-refractivity contribution in [2.24, 2.45) is 0 Å². The van der Waals surface area contributed by atoms with Crippen LogP contribution in [0.3, 0.4) is 0 Å². The molecule has 0 spiro atoms. The molecule has 2 amide bonds. The molecule has 40 heavy (non-hydrogen) atoms. The first-order valence-corrected chi connectivity index (χ1v) is 13.1. The molecule has 6 nitrogen and oxygen atoms in total. The van der Waals surface area contributed by atoms with Crippen LogP contribution < -0.4 is 10.2 Å². The molecule has 1 aliphatic rings. The molecule has 2 heterocycles. The molecule has 3 aromatic carbocycles. The van der Waals surface area contributed by atoms with Crippen LogP contribution in [-0.4, -0.2) is 47.1 Å². The molecule has 0 radical (unpaired) electrons. The highest BCUT2D eigenvalue weighted by Crippen LogP contribution is 2.31. The number of hydrogen-bond acceptors (Lipinski definition) is 4. The predicted octanol–water partition coefficient (Wildman–Crippen LogP) is 6.72. The van der Waals surface area contributed by atoms with E-state index in [4.69, 9.17) is 9.97 Å². The zero-order valence-electron chi connectivity index (χ0n) is 22.4. The van der Waals surface area contributed by atoms with Crippen molar-refractivity contribution in [3.63, 3.8) is 0 Å². The van der Waals surface area contributed by atoms with Gasteiger partial charge in [0.15, 0.2) is 5.82 Å². The van der Waals surface area contributed by atoms with Crippen molar-refractivity contribution in [3.8, 4) is 11.4 Å². The van der Waals surface area contributed by atoms with Gasteiger partial charge in [-0.3, -0.25) is 0 Å². The van der Waals surface area contributed by atoms with Crippen LogP contribution in [0.15, 0.2) is 78.9 Å². The van der Waals surface area contributed by atoms with Gasteiger partial charge in [0.25, 0.3) is 0 Å². The summed E-state index contributed by atoms with van der Waals surface area (Å²) in [4.78, 5) is 26.6. The van der Waals surface area contributed by atoms with Crippen molar-refractivity contribution in [2.75, 3.05) is 36.4 Å². The Morgan fingerprint density at radius 1 is 0.875 bits per heavy atom. The van der Waals surface area contributed by atoms with Crippen molar-refractivity contribution >= 4 is 17.5 Å². The first kappa shape index (κ1) is 27.2. The van der Waals surface area contributed by atoms with E-state index in [0.29, 0.717) is 44.1 Å². The van der Waals surface area contributed by atoms with Crippen molar-refractivity contribution in [1.82, 2.24) is 14.9 Å². The molecule has 1 aliphatic heterocycles. The quantitative estimate of drug-likeness (QED) is 0.302. The molecule has 0 aliphatic carbocycles. The standard InChI is InChI=1S/C31H30F3N5O/c1-21-7-6-10-24(19-21)28-35-22(2)27(20-23-8-4-3-5-9-23)29(37-28)38-15-17-39(18-16-38)30(40)36-26-13-11-25(12-14-26)31(32,33)34/h3-14,19H,15-18,20H2,1-2H3,(H,36,40). The summed E-state index contributed by atoms with van der Waals surface area (Å²) in [5.74, 6) is 1.52. The molecule has 4 aromatic rings. The number of urea groups is 1. The Balaban J connectivity index is 1.35. The second-order valence-corrected chi connectivity index (χ2v) is 9.95. The number of hydrogen-bond donors (Lipinski definition) is 1. The topological polar surface area (TPSA) is 61.4 Å². The third-order valence-electron chi connectivity index (χ3n) is 7.02. The zero-order chi connectivity index (χ0) is 28.3. The molecule has 0 unspecified atom stereocenters. The molecule has 0 bridgehead atoms. The fourth-order valence-corrected chi connectivity index (χ4v) is 4.83. The molecule has 206 valence electrons. The lowest BCUT2D eigenvalue weighted by Crippen LogP contribution is -2.50. The van der Waals surface area contributed by atoms with Gasteiger partial charge in [-0.1, -0.05) is 54.1 Å². The van der Waals surface area contributed by atoms with Crippen molar-refractivity contribution < 1.29 is 18.0 Å². The number of alkyl halides is 3. The Bertz CT molecular complexity index is 1480. The van der Waals surface area contributed by atoms with Crippen molar-refractivity contribution in [2.45, 2.75) is 26.4 Å². The van der Waals surface area contributed by atoms with E-state index in [1.807, 2.05) is 50.2 Å². The Hall–Kier alpha value is -4.40. The van der Waals surface area contributed by atoms with Crippen LogP contribution >= 0.6 is 0 Å². The van der Waals surface area contributed by atoms with E-state index >= 15 is 0 Å². The lowest BCUT2D eigenvalue weighted by atomic mass is 10.0. The Kier molecular flexibility index (Phi) is 7.73. The number of carbonyl (C=O) groups is 1. The van der Waals surface area contributed by atoms with Gasteiger partial charge in [0, 0.05) is 55.1 Å². The minimum atomic E-state index is -4.42. The average Bonchev–Trinajstić information content (AvgIpc) is 2.94. The summed E-state index contributed by atoms with van der Waals surface area (Å²) in [6.07, 6.45) is -3.73. The third kappa shape index (κ3) is 6.25. The highest BCUT2D eigenvalue weighted by Gasteiger charge is 2.30. The number of aromatic nitrogens is 2. The van der Waals surface area contributed by atoms with Crippen LogP contribution in [0.5, 0.6) is 0 Å². The highest BCUT2D eigenvalue weighted by atomic mass is 19.4. The number of amides is 2. The predicted molar refractivity (Wildman–Crippen MR) is 150 cm³/mol. The maximum atomic E-state index is 12.9. The number of piperazine rings is 1. The van der Waals surface area contributed by atoms with Crippen LogP contribution in [0, 0.1) is 13.8 Å². The third-order valence-corrected chi connectivity index (χ3v) is 7.02. The van der Waals surface area contributed by atoms with Gasteiger partial charge in [0.2, 0.25) is 0 Å². The van der Waals surface area contributed by atoms with E-state index in [-0.39, 0.29) is 6.03 Å². The molecule has 0 saturated carbocycles. The molecule has 1 saturated heterocycles. The van der Waals surface area contributed by atoms with Crippen LogP contribution in [0.2, 0.25) is 0 Å². The van der Waals surface area contributed by atoms with Crippen LogP contribution in [-0.2, 0) is 12.6 Å². The summed E-state index contributed by atoms with van der Waals surface area (Å²) in [6.45, 7) is 6.06. The van der Waals surface area contributed by atoms with Crippen molar-refractivity contribution in [1.29, 1.82) is 0 Å². The minimum Gasteiger partial charge on any atom is -0.353 e. The van der Waals surface area contributed by atoms with Gasteiger partial charge < -0.3 is 15.1 Å². The summed E-state index contributed by atoms with van der Waals surface area (Å²) in [5.41, 5.74) is 4.76. The van der Waals surface area contributed by atoms with Gasteiger partial charge >= 0.3 is 12.2 Å². The number of nitrogens with zero attached hydrogens (tertiary/aromatic N) is 4. The summed E-state index contributed by atoms with van der Waals surface area (Å²) in [6, 6.07) is 22.4. The largest absolute Gasteiger partial charge is 0.416 e. The lowest BCUT2D eigenvalue weighted by Gasteiger charge is -2.36. The van der Waals surface area contributed by atoms with E-state index in [1.165, 1.54) is 12.1 Å². The number of anilines is 2. The number of carbonyl (C=O) groups excluding carboxylic acids is 1. The summed E-state index contributed by atoms with van der Waals surface area (Å²) >= 11 is 0. The van der Waals surface area contributed by atoms with Crippen LogP contribution in [0.4, 0.5) is 29.5 Å². The number of rotatable bonds is 5. The second-order valence-electron chi connectivity index (χ2n) is 9.95. The van der Waals surface area contributed by atoms with Crippen molar-refractivity contribution in [3.05, 3.63) is 107 Å². The first-order chi connectivity index (χ1) is 19.2. The fourth-order valence-electron chi connectivity index (χ4n) is 4.83. The molecular formula is C31H30F3N5O. The Morgan fingerprint density at radius 2 is 1.57 bits per heavy atom. The first-order valence-electron chi connectivity index (χ1n) is 13.1. The summed E-state index contributed by atoms with van der Waals surface area (Å²) < 4.78 is 38.6. The van der Waals surface area contributed by atoms with Crippen LogP contribution in [0.1, 0.15) is 27.9 Å². The summed E-state index contributed by atoms with van der Waals surface area (Å²) in [7, 11) is 0. The zero-order valence-corrected chi connectivity index (χ0v) is 22.4. The van der Waals surface area contributed by atoms with E-state index < -0.39 is 11.7 Å². The molecule has 5 rings (SSSR count). The van der Waals surface area contributed by atoms with Gasteiger partial charge in [-0.2, -0.15) is 13.2 Å². The van der Waals surface area contributed by atoms with Crippen LogP contribution in [0.25, 0.3) is 11.4 Å². The number of benzene rings is 3. The molecule has 9 heteroatoms. The number of halogens is 3. The second kappa shape index (κ2) is 11.4.